The van der Waals surface area contributed by atoms with Crippen molar-refractivity contribution >= 4 is 56.3 Å². The summed E-state index contributed by atoms with van der Waals surface area (Å²) in [6, 6.07) is 14.8. The number of barbiturate groups is 1. The number of fused-ring (bicyclic) bond motifs is 1. The van der Waals surface area contributed by atoms with Gasteiger partial charge in [-0.05, 0) is 58.1 Å². The van der Waals surface area contributed by atoms with Crippen LogP contribution in [-0.4, -0.2) is 29.6 Å². The maximum atomic E-state index is 13.2. The van der Waals surface area contributed by atoms with E-state index in [1.165, 1.54) is 12.1 Å². The molecule has 4 rings (SSSR count). The topological polar surface area (TPSA) is 95.9 Å². The number of aromatic hydroxyl groups is 1. The van der Waals surface area contributed by atoms with E-state index < -0.39 is 17.8 Å². The first-order chi connectivity index (χ1) is 14.9. The fourth-order valence-electron chi connectivity index (χ4n) is 3.39. The quantitative estimate of drug-likeness (QED) is 0.426. The molecule has 31 heavy (non-hydrogen) atoms. The lowest BCUT2D eigenvalue weighted by Gasteiger charge is -2.27. The molecule has 0 spiro atoms. The van der Waals surface area contributed by atoms with Crippen LogP contribution in [0.4, 0.5) is 10.5 Å². The van der Waals surface area contributed by atoms with Gasteiger partial charge in [-0.3, -0.25) is 14.9 Å². The number of hydrogen-bond acceptors (Lipinski definition) is 5. The van der Waals surface area contributed by atoms with E-state index in [0.29, 0.717) is 27.7 Å². The molecular weight excluding hydrogens is 464 g/mol. The van der Waals surface area contributed by atoms with Crippen LogP contribution < -0.4 is 15.0 Å². The largest absolute Gasteiger partial charge is 0.503 e. The molecule has 4 amide bonds. The van der Waals surface area contributed by atoms with Crippen molar-refractivity contribution in [3.63, 3.8) is 0 Å². The van der Waals surface area contributed by atoms with Crippen molar-refractivity contribution in [3.8, 4) is 11.5 Å². The van der Waals surface area contributed by atoms with E-state index >= 15 is 0 Å². The second-order valence-corrected chi connectivity index (χ2v) is 7.59. The van der Waals surface area contributed by atoms with Crippen molar-refractivity contribution < 1.29 is 24.2 Å². The Kier molecular flexibility index (Phi) is 5.48. The molecule has 7 nitrogen and oxygen atoms in total. The van der Waals surface area contributed by atoms with Crippen molar-refractivity contribution in [1.82, 2.24) is 5.32 Å². The lowest BCUT2D eigenvalue weighted by atomic mass is 10.0. The average molecular weight is 481 g/mol. The van der Waals surface area contributed by atoms with Crippen LogP contribution in [0.5, 0.6) is 11.5 Å². The average Bonchev–Trinajstić information content (AvgIpc) is 2.75. The second kappa shape index (κ2) is 8.23. The number of hydrogen-bond donors (Lipinski definition) is 2. The molecule has 0 aromatic heterocycles. The number of nitrogens with zero attached hydrogens (tertiary/aromatic N) is 1. The van der Waals surface area contributed by atoms with Crippen LogP contribution in [0.1, 0.15) is 12.5 Å². The zero-order chi connectivity index (χ0) is 22.1. The molecule has 1 aliphatic rings. The fourth-order valence-corrected chi connectivity index (χ4v) is 3.85. The Morgan fingerprint density at radius 1 is 1.10 bits per heavy atom. The van der Waals surface area contributed by atoms with Gasteiger partial charge in [-0.1, -0.05) is 36.4 Å². The number of phenols is 1. The summed E-state index contributed by atoms with van der Waals surface area (Å²) in [4.78, 5) is 39.3. The number of amides is 4. The maximum Gasteiger partial charge on any atom is 0.335 e. The number of imide groups is 2. The molecule has 0 unspecified atom stereocenters. The molecule has 2 N–H and O–H groups in total. The monoisotopic (exact) mass is 480 g/mol. The predicted molar refractivity (Wildman–Crippen MR) is 120 cm³/mol. The van der Waals surface area contributed by atoms with Gasteiger partial charge in [-0.15, -0.1) is 0 Å². The van der Waals surface area contributed by atoms with Gasteiger partial charge in [0, 0.05) is 5.39 Å². The number of carbonyl (C=O) groups excluding carboxylic acids is 3. The number of phenolic OH excluding ortho intramolecular Hbond substituents is 1. The van der Waals surface area contributed by atoms with Crippen LogP contribution in [0.2, 0.25) is 0 Å². The van der Waals surface area contributed by atoms with Crippen molar-refractivity contribution in [1.29, 1.82) is 0 Å². The number of carbonyl (C=O) groups is 3. The molecule has 0 atom stereocenters. The molecule has 0 radical (unpaired) electrons. The molecule has 1 heterocycles. The number of rotatable bonds is 4. The zero-order valence-electron chi connectivity index (χ0n) is 16.4. The van der Waals surface area contributed by atoms with E-state index in [-0.39, 0.29) is 17.1 Å². The third-order valence-corrected chi connectivity index (χ3v) is 5.38. The van der Waals surface area contributed by atoms with Gasteiger partial charge in [-0.25, -0.2) is 9.69 Å². The fraction of sp³-hybridized carbons (Fsp3) is 0.0870. The first-order valence-corrected chi connectivity index (χ1v) is 10.2. The van der Waals surface area contributed by atoms with E-state index in [9.17, 15) is 19.5 Å². The lowest BCUT2D eigenvalue weighted by molar-refractivity contribution is -0.122. The maximum absolute atomic E-state index is 13.2. The first kappa shape index (κ1) is 20.6. The third kappa shape index (κ3) is 3.77. The van der Waals surface area contributed by atoms with E-state index in [1.807, 2.05) is 24.3 Å². The molecule has 3 aromatic rings. The second-order valence-electron chi connectivity index (χ2n) is 6.74. The molecule has 1 aliphatic heterocycles. The molecule has 0 bridgehead atoms. The van der Waals surface area contributed by atoms with Crippen molar-refractivity contribution in [2.24, 2.45) is 0 Å². The number of ether oxygens (including phenoxy) is 1. The van der Waals surface area contributed by atoms with Gasteiger partial charge in [0.2, 0.25) is 0 Å². The van der Waals surface area contributed by atoms with Gasteiger partial charge in [-0.2, -0.15) is 0 Å². The van der Waals surface area contributed by atoms with Gasteiger partial charge in [0.15, 0.2) is 11.5 Å². The summed E-state index contributed by atoms with van der Waals surface area (Å²) in [5, 5.41) is 13.9. The number of benzene rings is 3. The predicted octanol–water partition coefficient (Wildman–Crippen LogP) is 4.37. The Hall–Kier alpha value is -3.65. The zero-order valence-corrected chi connectivity index (χ0v) is 18.0. The smallest absolute Gasteiger partial charge is 0.335 e. The number of anilines is 1. The highest BCUT2D eigenvalue weighted by molar-refractivity contribution is 9.10. The molecule has 3 aromatic carbocycles. The van der Waals surface area contributed by atoms with E-state index in [4.69, 9.17) is 4.74 Å². The number of halogens is 1. The van der Waals surface area contributed by atoms with Gasteiger partial charge in [0.1, 0.15) is 5.57 Å². The highest BCUT2D eigenvalue weighted by Crippen LogP contribution is 2.36. The number of nitrogens with one attached hydrogen (secondary N) is 1. The lowest BCUT2D eigenvalue weighted by Crippen LogP contribution is -2.54. The normalized spacial score (nSPS) is 15.5. The van der Waals surface area contributed by atoms with E-state index in [0.717, 1.165) is 10.3 Å². The van der Waals surface area contributed by atoms with Crippen LogP contribution in [0.3, 0.4) is 0 Å². The third-order valence-electron chi connectivity index (χ3n) is 4.77. The summed E-state index contributed by atoms with van der Waals surface area (Å²) >= 11 is 3.24. The first-order valence-electron chi connectivity index (χ1n) is 9.45. The Bertz CT molecular complexity index is 1260. The summed E-state index contributed by atoms with van der Waals surface area (Å²) in [6.45, 7) is 2.09. The molecular formula is C23H17BrN2O5. The van der Waals surface area contributed by atoms with E-state index in [2.05, 4.69) is 21.2 Å². The Balaban J connectivity index is 1.81. The Morgan fingerprint density at radius 3 is 2.61 bits per heavy atom. The minimum Gasteiger partial charge on any atom is -0.503 e. The summed E-state index contributed by atoms with van der Waals surface area (Å²) in [7, 11) is 0. The summed E-state index contributed by atoms with van der Waals surface area (Å²) in [5.74, 6) is -1.42. The highest BCUT2D eigenvalue weighted by atomic mass is 79.9. The van der Waals surface area contributed by atoms with Crippen LogP contribution in [-0.2, 0) is 9.59 Å². The van der Waals surface area contributed by atoms with Gasteiger partial charge >= 0.3 is 6.03 Å². The minimum atomic E-state index is -0.814. The van der Waals surface area contributed by atoms with Crippen molar-refractivity contribution in [3.05, 3.63) is 70.2 Å². The highest BCUT2D eigenvalue weighted by Gasteiger charge is 2.37. The molecule has 8 heteroatoms. The van der Waals surface area contributed by atoms with Crippen molar-refractivity contribution in [2.75, 3.05) is 11.5 Å². The Labute approximate surface area is 186 Å². The Morgan fingerprint density at radius 2 is 1.84 bits per heavy atom. The van der Waals surface area contributed by atoms with Crippen LogP contribution in [0.25, 0.3) is 16.8 Å². The summed E-state index contributed by atoms with van der Waals surface area (Å²) < 4.78 is 5.74. The molecule has 0 aliphatic carbocycles. The van der Waals surface area contributed by atoms with Crippen molar-refractivity contribution in [2.45, 2.75) is 6.92 Å². The standard InChI is InChI=1S/C23H17BrN2O5/c1-2-31-19-12-13(11-17(24)20(19)27)10-16-21(28)25-23(30)26(22(16)29)18-9-5-7-14-6-3-4-8-15(14)18/h3-12,27H,2H2,1H3,(H,25,28,30). The molecule has 156 valence electrons. The molecule has 0 saturated carbocycles. The van der Waals surface area contributed by atoms with Crippen LogP contribution >= 0.6 is 15.9 Å². The minimum absolute atomic E-state index is 0.0871. The van der Waals surface area contributed by atoms with Crippen LogP contribution in [0, 0.1) is 0 Å². The van der Waals surface area contributed by atoms with Crippen LogP contribution in [0.15, 0.2) is 64.6 Å². The van der Waals surface area contributed by atoms with E-state index in [1.54, 1.807) is 31.2 Å². The summed E-state index contributed by atoms with van der Waals surface area (Å²) in [5.41, 5.74) is 0.604. The van der Waals surface area contributed by atoms with Gasteiger partial charge in [0.05, 0.1) is 16.8 Å². The summed E-state index contributed by atoms with van der Waals surface area (Å²) in [6.07, 6.45) is 1.36. The molecule has 1 fully saturated rings. The number of urea groups is 1. The SMILES string of the molecule is CCOc1cc(C=C2C(=O)NC(=O)N(c3cccc4ccccc34)C2=O)cc(Br)c1O. The van der Waals surface area contributed by atoms with Gasteiger partial charge < -0.3 is 9.84 Å². The molecule has 1 saturated heterocycles. The van der Waals surface area contributed by atoms with Gasteiger partial charge in [0.25, 0.3) is 11.8 Å².